The van der Waals surface area contributed by atoms with Crippen molar-refractivity contribution in [2.24, 2.45) is 5.73 Å². The van der Waals surface area contributed by atoms with Crippen LogP contribution in [0.2, 0.25) is 0 Å². The first kappa shape index (κ1) is 9.35. The quantitative estimate of drug-likeness (QED) is 0.411. The fourth-order valence-corrected chi connectivity index (χ4v) is 0.0781. The van der Waals surface area contributed by atoms with E-state index in [9.17, 15) is 4.79 Å². The van der Waals surface area contributed by atoms with E-state index in [-0.39, 0.29) is 0 Å². The van der Waals surface area contributed by atoms with Crippen molar-refractivity contribution >= 4 is 5.97 Å². The predicted molar refractivity (Wildman–Crippen MR) is 33.5 cm³/mol. The smallest absolute Gasteiger partial charge is 0.322 e. The first-order valence-electron chi connectivity index (χ1n) is 2.85. The van der Waals surface area contributed by atoms with Crippen molar-refractivity contribution in [3.63, 3.8) is 0 Å². The third-order valence-corrected chi connectivity index (χ3v) is 0.718. The molecule has 1 rings (SSSR count). The summed E-state index contributed by atoms with van der Waals surface area (Å²) in [5, 5.41) is 15.9. The Balaban J connectivity index is 0.000000219. The van der Waals surface area contributed by atoms with Crippen molar-refractivity contribution in [2.45, 2.75) is 6.04 Å². The van der Waals surface area contributed by atoms with Crippen LogP contribution in [0.3, 0.4) is 0 Å². The number of carboxylic acid groups (broad SMARTS) is 1. The van der Waals surface area contributed by atoms with Crippen LogP contribution < -0.4 is 5.73 Å². The van der Waals surface area contributed by atoms with Crippen LogP contribution in [0.4, 0.5) is 0 Å². The van der Waals surface area contributed by atoms with Crippen molar-refractivity contribution < 1.29 is 19.7 Å². The van der Waals surface area contributed by atoms with Crippen LogP contribution in [0.5, 0.6) is 0 Å². The first-order valence-corrected chi connectivity index (χ1v) is 2.85. The molecule has 0 saturated carbocycles. The fourth-order valence-electron chi connectivity index (χ4n) is 0.0781. The van der Waals surface area contributed by atoms with Crippen molar-refractivity contribution in [3.05, 3.63) is 0 Å². The van der Waals surface area contributed by atoms with E-state index in [0.29, 0.717) is 0 Å². The molecule has 0 bridgehead atoms. The van der Waals surface area contributed by atoms with E-state index >= 15 is 0 Å². The molecule has 1 aliphatic heterocycles. The average Bonchev–Trinajstić information content (AvgIpc) is 2.70. The van der Waals surface area contributed by atoms with Gasteiger partial charge in [0.15, 0.2) is 0 Å². The first-order chi connectivity index (χ1) is 4.68. The summed E-state index contributed by atoms with van der Waals surface area (Å²) in [4.78, 5) is 9.65. The number of hydrogen-bond acceptors (Lipinski definition) is 4. The van der Waals surface area contributed by atoms with Crippen LogP contribution in [0.15, 0.2) is 0 Å². The van der Waals surface area contributed by atoms with Gasteiger partial charge in [-0.25, -0.2) is 0 Å². The molecule has 0 aromatic carbocycles. The Morgan fingerprint density at radius 3 is 2.10 bits per heavy atom. The highest BCUT2D eigenvalue weighted by Gasteiger charge is 2.06. The lowest BCUT2D eigenvalue weighted by Gasteiger charge is -1.96. The monoisotopic (exact) mass is 149 g/mol. The maximum absolute atomic E-state index is 9.65. The van der Waals surface area contributed by atoms with E-state index in [1.807, 2.05) is 0 Å². The third kappa shape index (κ3) is 7.35. The molecule has 0 unspecified atom stereocenters. The highest BCUT2D eigenvalue weighted by molar-refractivity contribution is 5.73. The second-order valence-corrected chi connectivity index (χ2v) is 1.74. The number of carboxylic acids is 1. The molecule has 1 atom stereocenters. The number of ether oxygens (including phenoxy) is 1. The summed E-state index contributed by atoms with van der Waals surface area (Å²) in [5.41, 5.74) is 4.77. The van der Waals surface area contributed by atoms with Crippen molar-refractivity contribution in [1.82, 2.24) is 0 Å². The Kier molecular flexibility index (Phi) is 4.82. The van der Waals surface area contributed by atoms with Crippen molar-refractivity contribution in [1.29, 1.82) is 0 Å². The van der Waals surface area contributed by atoms with Gasteiger partial charge >= 0.3 is 5.97 Å². The number of epoxide rings is 1. The summed E-state index contributed by atoms with van der Waals surface area (Å²) in [5.74, 6) is -1.18. The number of hydrogen-bond donors (Lipinski definition) is 3. The van der Waals surface area contributed by atoms with Gasteiger partial charge in [0.25, 0.3) is 0 Å². The van der Waals surface area contributed by atoms with Gasteiger partial charge in [-0.1, -0.05) is 0 Å². The number of nitrogens with two attached hydrogens (primary N) is 1. The molecule has 4 N–H and O–H groups in total. The number of carbonyl (C=O) groups is 1. The molecule has 1 fully saturated rings. The zero-order valence-electron chi connectivity index (χ0n) is 5.49. The van der Waals surface area contributed by atoms with E-state index in [1.54, 1.807) is 0 Å². The maximum atomic E-state index is 9.65. The van der Waals surface area contributed by atoms with Gasteiger partial charge in [-0.2, -0.15) is 0 Å². The molecular formula is C5H11NO4. The van der Waals surface area contributed by atoms with Crippen molar-refractivity contribution in [3.8, 4) is 0 Å². The van der Waals surface area contributed by atoms with Gasteiger partial charge in [0.2, 0.25) is 0 Å². The minimum Gasteiger partial charge on any atom is -0.480 e. The second-order valence-electron chi connectivity index (χ2n) is 1.74. The Bertz CT molecular complexity index is 101. The lowest BCUT2D eigenvalue weighted by molar-refractivity contribution is -0.139. The second kappa shape index (κ2) is 5.16. The molecule has 60 valence electrons. The number of aliphatic hydroxyl groups is 1. The Morgan fingerprint density at radius 2 is 2.10 bits per heavy atom. The highest BCUT2D eigenvalue weighted by atomic mass is 16.6. The maximum Gasteiger partial charge on any atom is 0.322 e. The van der Waals surface area contributed by atoms with E-state index in [1.165, 1.54) is 0 Å². The fraction of sp³-hybridized carbons (Fsp3) is 0.800. The molecule has 0 amide bonds. The Hall–Kier alpha value is -0.650. The van der Waals surface area contributed by atoms with Gasteiger partial charge in [-0.15, -0.1) is 0 Å². The summed E-state index contributed by atoms with van der Waals surface area (Å²) in [6.07, 6.45) is 0. The van der Waals surface area contributed by atoms with Gasteiger partial charge in [-0.05, 0) is 0 Å². The van der Waals surface area contributed by atoms with Crippen LogP contribution in [-0.4, -0.2) is 42.0 Å². The van der Waals surface area contributed by atoms with Gasteiger partial charge < -0.3 is 20.7 Å². The molecule has 5 heteroatoms. The van der Waals surface area contributed by atoms with Gasteiger partial charge in [-0.3, -0.25) is 4.79 Å². The van der Waals surface area contributed by atoms with Crippen LogP contribution in [0.25, 0.3) is 0 Å². The largest absolute Gasteiger partial charge is 0.480 e. The van der Waals surface area contributed by atoms with Gasteiger partial charge in [0.05, 0.1) is 19.8 Å². The Morgan fingerprint density at radius 1 is 1.70 bits per heavy atom. The third-order valence-electron chi connectivity index (χ3n) is 0.718. The molecule has 0 radical (unpaired) electrons. The number of aliphatic hydroxyl groups excluding tert-OH is 1. The molecule has 0 aromatic heterocycles. The van der Waals surface area contributed by atoms with Crippen LogP contribution in [-0.2, 0) is 9.53 Å². The molecule has 5 nitrogen and oxygen atoms in total. The lowest BCUT2D eigenvalue weighted by atomic mass is 10.3. The molecular weight excluding hydrogens is 138 g/mol. The highest BCUT2D eigenvalue weighted by Crippen LogP contribution is 1.84. The zero-order valence-corrected chi connectivity index (χ0v) is 5.49. The average molecular weight is 149 g/mol. The van der Waals surface area contributed by atoms with Crippen LogP contribution in [0.1, 0.15) is 0 Å². The molecule has 10 heavy (non-hydrogen) atoms. The summed E-state index contributed by atoms with van der Waals surface area (Å²) in [6.45, 7) is 1.50. The van der Waals surface area contributed by atoms with E-state index < -0.39 is 18.6 Å². The Labute approximate surface area is 58.4 Å². The molecule has 1 saturated heterocycles. The van der Waals surface area contributed by atoms with E-state index in [0.717, 1.165) is 13.2 Å². The minimum atomic E-state index is -1.18. The molecule has 0 aliphatic carbocycles. The summed E-state index contributed by atoms with van der Waals surface area (Å²) in [7, 11) is 0. The minimum absolute atomic E-state index is 0.505. The normalized spacial score (nSPS) is 16.6. The van der Waals surface area contributed by atoms with E-state index in [2.05, 4.69) is 4.74 Å². The molecule has 0 aromatic rings. The molecule has 1 heterocycles. The summed E-state index contributed by atoms with van der Waals surface area (Å²) < 4.78 is 4.50. The predicted octanol–water partition coefficient (Wildman–Crippen LogP) is -1.59. The number of rotatable bonds is 2. The standard InChI is InChI=1S/C3H7NO3.C2H4O/c4-2(1-5)3(6)7;1-2-3-1/h2,5H,1,4H2,(H,6,7);1-2H2/t2-;/m0./s1. The summed E-state index contributed by atoms with van der Waals surface area (Å²) >= 11 is 0. The number of aliphatic carboxylic acids is 1. The lowest BCUT2D eigenvalue weighted by Crippen LogP contribution is -2.33. The van der Waals surface area contributed by atoms with Gasteiger partial charge in [0.1, 0.15) is 6.04 Å². The molecule has 1 aliphatic rings. The zero-order chi connectivity index (χ0) is 7.98. The summed E-state index contributed by atoms with van der Waals surface area (Å²) in [6, 6.07) is -1.13. The van der Waals surface area contributed by atoms with Crippen LogP contribution >= 0.6 is 0 Å². The SMILES string of the molecule is C1CO1.N[C@@H](CO)C(=O)O. The van der Waals surface area contributed by atoms with Gasteiger partial charge in [0, 0.05) is 0 Å². The van der Waals surface area contributed by atoms with Crippen molar-refractivity contribution in [2.75, 3.05) is 19.8 Å². The topological polar surface area (TPSA) is 96.1 Å². The van der Waals surface area contributed by atoms with E-state index in [4.69, 9.17) is 15.9 Å². The molecule has 0 spiro atoms. The van der Waals surface area contributed by atoms with Crippen LogP contribution in [0, 0.1) is 0 Å².